The molecule has 0 aliphatic carbocycles. The third kappa shape index (κ3) is 1.45. The van der Waals surface area contributed by atoms with Gasteiger partial charge in [-0.3, -0.25) is 9.59 Å². The molecule has 0 fully saturated rings. The Labute approximate surface area is 67.6 Å². The Hall–Kier alpha value is -1.78. The van der Waals surface area contributed by atoms with E-state index in [4.69, 9.17) is 10.2 Å². The molecule has 1 aromatic rings. The lowest BCUT2D eigenvalue weighted by atomic mass is 10.1. The molecule has 0 spiro atoms. The topological polar surface area (TPSA) is 90.4 Å². The number of rotatable bonds is 3. The number of carboxylic acid groups (broad SMARTS) is 2. The maximum absolute atomic E-state index is 10.4. The molecule has 0 radical (unpaired) electrons. The number of aliphatic carboxylic acids is 2. The Kier molecular flexibility index (Phi) is 2.14. The van der Waals surface area contributed by atoms with Crippen LogP contribution in [0.4, 0.5) is 0 Å². The molecular weight excluding hydrogens is 162 g/mol. The molecule has 3 N–H and O–H groups in total. The number of nitrogens with one attached hydrogen (secondary N) is 1. The Balaban J connectivity index is 2.96. The third-order valence-electron chi connectivity index (χ3n) is 1.43. The highest BCUT2D eigenvalue weighted by molar-refractivity contribution is 5.98. The van der Waals surface area contributed by atoms with Crippen LogP contribution in [-0.2, 0) is 9.59 Å². The minimum atomic E-state index is -1.50. The lowest BCUT2D eigenvalue weighted by Crippen LogP contribution is -2.21. The van der Waals surface area contributed by atoms with Crippen LogP contribution < -0.4 is 0 Å². The fourth-order valence-electron chi connectivity index (χ4n) is 0.895. The lowest BCUT2D eigenvalue weighted by molar-refractivity contribution is -0.150. The van der Waals surface area contributed by atoms with E-state index in [1.807, 2.05) is 0 Å². The van der Waals surface area contributed by atoms with Crippen molar-refractivity contribution in [1.82, 2.24) is 4.98 Å². The highest BCUT2D eigenvalue weighted by Crippen LogP contribution is 2.13. The van der Waals surface area contributed by atoms with Crippen LogP contribution in [0.1, 0.15) is 11.6 Å². The minimum Gasteiger partial charge on any atom is -0.480 e. The van der Waals surface area contributed by atoms with Crippen molar-refractivity contribution in [2.24, 2.45) is 0 Å². The van der Waals surface area contributed by atoms with Crippen LogP contribution in [0.5, 0.6) is 0 Å². The summed E-state index contributed by atoms with van der Waals surface area (Å²) in [5.74, 6) is -4.24. The van der Waals surface area contributed by atoms with Crippen molar-refractivity contribution in [3.63, 3.8) is 0 Å². The summed E-state index contributed by atoms with van der Waals surface area (Å²) in [4.78, 5) is 23.4. The van der Waals surface area contributed by atoms with Crippen LogP contribution in [0, 0.1) is 0 Å². The van der Waals surface area contributed by atoms with Crippen molar-refractivity contribution >= 4 is 11.9 Å². The van der Waals surface area contributed by atoms with Crippen LogP contribution in [-0.4, -0.2) is 27.1 Å². The number of aromatic amines is 1. The van der Waals surface area contributed by atoms with Crippen LogP contribution in [0.2, 0.25) is 0 Å². The molecule has 0 bridgehead atoms. The summed E-state index contributed by atoms with van der Waals surface area (Å²) >= 11 is 0. The SMILES string of the molecule is O=C(O)C(C(=O)O)c1ccc[nH]1. The first kappa shape index (κ1) is 8.32. The van der Waals surface area contributed by atoms with E-state index in [9.17, 15) is 9.59 Å². The van der Waals surface area contributed by atoms with E-state index in [0.29, 0.717) is 0 Å². The molecule has 0 aliphatic heterocycles. The Morgan fingerprint density at radius 3 is 2.25 bits per heavy atom. The van der Waals surface area contributed by atoms with Crippen molar-refractivity contribution in [2.45, 2.75) is 5.92 Å². The molecule has 64 valence electrons. The summed E-state index contributed by atoms with van der Waals surface area (Å²) in [7, 11) is 0. The average Bonchev–Trinajstić information content (AvgIpc) is 2.37. The molecule has 0 aliphatic rings. The van der Waals surface area contributed by atoms with E-state index >= 15 is 0 Å². The summed E-state index contributed by atoms with van der Waals surface area (Å²) in [5.41, 5.74) is 0.176. The molecule has 1 heterocycles. The molecule has 1 aromatic heterocycles. The number of carboxylic acids is 2. The van der Waals surface area contributed by atoms with Crippen molar-refractivity contribution in [3.05, 3.63) is 24.0 Å². The van der Waals surface area contributed by atoms with Gasteiger partial charge in [-0.05, 0) is 12.1 Å². The van der Waals surface area contributed by atoms with Crippen molar-refractivity contribution in [2.75, 3.05) is 0 Å². The zero-order valence-corrected chi connectivity index (χ0v) is 6.02. The molecular formula is C7H7NO4. The van der Waals surface area contributed by atoms with Crippen molar-refractivity contribution in [1.29, 1.82) is 0 Å². The summed E-state index contributed by atoms with van der Waals surface area (Å²) in [6, 6.07) is 2.97. The molecule has 0 saturated carbocycles. The summed E-state index contributed by atoms with van der Waals surface area (Å²) in [6.07, 6.45) is 1.48. The van der Waals surface area contributed by atoms with Gasteiger partial charge < -0.3 is 15.2 Å². The van der Waals surface area contributed by atoms with Crippen LogP contribution in [0.3, 0.4) is 0 Å². The maximum Gasteiger partial charge on any atom is 0.324 e. The second kappa shape index (κ2) is 3.08. The largest absolute Gasteiger partial charge is 0.480 e. The van der Waals surface area contributed by atoms with E-state index in [1.54, 1.807) is 6.07 Å². The molecule has 5 heteroatoms. The minimum absolute atomic E-state index is 0.176. The fourth-order valence-corrected chi connectivity index (χ4v) is 0.895. The maximum atomic E-state index is 10.4. The van der Waals surface area contributed by atoms with Gasteiger partial charge in [0.15, 0.2) is 5.92 Å². The molecule has 1 rings (SSSR count). The van der Waals surface area contributed by atoms with Gasteiger partial charge in [0.1, 0.15) is 0 Å². The van der Waals surface area contributed by atoms with Crippen LogP contribution in [0.15, 0.2) is 18.3 Å². The first-order valence-electron chi connectivity index (χ1n) is 3.22. The van der Waals surface area contributed by atoms with Gasteiger partial charge in [-0.2, -0.15) is 0 Å². The van der Waals surface area contributed by atoms with Gasteiger partial charge in [0.05, 0.1) is 0 Å². The van der Waals surface area contributed by atoms with Gasteiger partial charge in [0.25, 0.3) is 0 Å². The highest BCUT2D eigenvalue weighted by atomic mass is 16.4. The van der Waals surface area contributed by atoms with Crippen molar-refractivity contribution in [3.8, 4) is 0 Å². The highest BCUT2D eigenvalue weighted by Gasteiger charge is 2.28. The Bertz CT molecular complexity index is 276. The molecule has 0 unspecified atom stereocenters. The summed E-state index contributed by atoms with van der Waals surface area (Å²) < 4.78 is 0. The second-order valence-corrected chi connectivity index (χ2v) is 2.23. The summed E-state index contributed by atoms with van der Waals surface area (Å²) in [6.45, 7) is 0. The van der Waals surface area contributed by atoms with Gasteiger partial charge in [0, 0.05) is 11.9 Å². The smallest absolute Gasteiger partial charge is 0.324 e. The fraction of sp³-hybridized carbons (Fsp3) is 0.143. The van der Waals surface area contributed by atoms with Crippen LogP contribution >= 0.6 is 0 Å². The Morgan fingerprint density at radius 1 is 1.33 bits per heavy atom. The Morgan fingerprint density at radius 2 is 1.92 bits per heavy atom. The number of hydrogen-bond acceptors (Lipinski definition) is 2. The van der Waals surface area contributed by atoms with Gasteiger partial charge in [-0.15, -0.1) is 0 Å². The zero-order valence-electron chi connectivity index (χ0n) is 6.02. The normalized spacial score (nSPS) is 10.1. The first-order chi connectivity index (χ1) is 5.63. The van der Waals surface area contributed by atoms with Gasteiger partial charge >= 0.3 is 11.9 Å². The van der Waals surface area contributed by atoms with Gasteiger partial charge in [-0.1, -0.05) is 0 Å². The molecule has 5 nitrogen and oxygen atoms in total. The van der Waals surface area contributed by atoms with E-state index < -0.39 is 17.9 Å². The number of aromatic nitrogens is 1. The van der Waals surface area contributed by atoms with E-state index in [0.717, 1.165) is 0 Å². The quantitative estimate of drug-likeness (QED) is 0.566. The zero-order chi connectivity index (χ0) is 9.14. The van der Waals surface area contributed by atoms with E-state index in [2.05, 4.69) is 4.98 Å². The predicted molar refractivity (Wildman–Crippen MR) is 38.8 cm³/mol. The molecule has 0 aromatic carbocycles. The summed E-state index contributed by atoms with van der Waals surface area (Å²) in [5, 5.41) is 17.0. The van der Waals surface area contributed by atoms with Gasteiger partial charge in [0.2, 0.25) is 0 Å². The van der Waals surface area contributed by atoms with E-state index in [-0.39, 0.29) is 5.69 Å². The average molecular weight is 169 g/mol. The molecule has 0 amide bonds. The number of carbonyl (C=O) groups is 2. The first-order valence-corrected chi connectivity index (χ1v) is 3.22. The molecule has 0 atom stereocenters. The van der Waals surface area contributed by atoms with Crippen molar-refractivity contribution < 1.29 is 19.8 Å². The number of hydrogen-bond donors (Lipinski definition) is 3. The van der Waals surface area contributed by atoms with Gasteiger partial charge in [-0.25, -0.2) is 0 Å². The monoisotopic (exact) mass is 169 g/mol. The molecule has 12 heavy (non-hydrogen) atoms. The third-order valence-corrected chi connectivity index (χ3v) is 1.43. The lowest BCUT2D eigenvalue weighted by Gasteiger charge is -2.03. The van der Waals surface area contributed by atoms with Crippen LogP contribution in [0.25, 0.3) is 0 Å². The second-order valence-electron chi connectivity index (χ2n) is 2.23. The van der Waals surface area contributed by atoms with E-state index in [1.165, 1.54) is 12.3 Å². The predicted octanol–water partition coefficient (Wildman–Crippen LogP) is 0.268. The standard InChI is InChI=1S/C7H7NO4/c9-6(10)5(7(11)12)4-2-1-3-8-4/h1-3,5,8H,(H,9,10)(H,11,12). The number of H-pyrrole nitrogens is 1. The molecule has 0 saturated heterocycles.